The zero-order valence-corrected chi connectivity index (χ0v) is 11.6. The molecule has 0 atom stereocenters. The van der Waals surface area contributed by atoms with Gasteiger partial charge in [-0.1, -0.05) is 29.8 Å². The molecule has 0 saturated carbocycles. The molecule has 3 nitrogen and oxygen atoms in total. The first-order chi connectivity index (χ1) is 9.79. The predicted octanol–water partition coefficient (Wildman–Crippen LogP) is 4.06. The van der Waals surface area contributed by atoms with Crippen LogP contribution in [-0.4, -0.2) is 13.2 Å². The Bertz CT molecular complexity index is 593. The molecule has 20 heavy (non-hydrogen) atoms. The minimum absolute atomic E-state index is 0.452. The van der Waals surface area contributed by atoms with Gasteiger partial charge in [0.15, 0.2) is 0 Å². The van der Waals surface area contributed by atoms with Gasteiger partial charge < -0.3 is 9.47 Å². The molecule has 0 amide bonds. The fraction of sp³-hybridized carbons (Fsp3) is 0.188. The Balaban J connectivity index is 1.72. The maximum absolute atomic E-state index is 8.74. The highest BCUT2D eigenvalue weighted by atomic mass is 35.5. The number of nitrogens with zero attached hydrogens (tertiary/aromatic N) is 1. The summed E-state index contributed by atoms with van der Waals surface area (Å²) >= 11 is 6.01. The molecule has 2 rings (SSSR count). The average Bonchev–Trinajstić information content (AvgIpc) is 2.49. The van der Waals surface area contributed by atoms with E-state index in [1.54, 1.807) is 18.2 Å². The molecule has 2 aromatic rings. The molecule has 2 aromatic carbocycles. The van der Waals surface area contributed by atoms with E-state index in [0.29, 0.717) is 29.5 Å². The van der Waals surface area contributed by atoms with E-state index in [1.807, 2.05) is 36.4 Å². The van der Waals surface area contributed by atoms with Crippen molar-refractivity contribution in [3.63, 3.8) is 0 Å². The fourth-order valence-electron chi connectivity index (χ4n) is 1.64. The topological polar surface area (TPSA) is 42.2 Å². The van der Waals surface area contributed by atoms with E-state index in [-0.39, 0.29) is 0 Å². The molecule has 0 unspecified atom stereocenters. The van der Waals surface area contributed by atoms with Crippen LogP contribution in [0.25, 0.3) is 0 Å². The van der Waals surface area contributed by atoms with Crippen molar-refractivity contribution in [3.05, 3.63) is 59.1 Å². The summed E-state index contributed by atoms with van der Waals surface area (Å²) in [6.45, 7) is 1.09. The first kappa shape index (κ1) is 14.2. The minimum Gasteiger partial charge on any atom is -0.493 e. The van der Waals surface area contributed by atoms with Crippen LogP contribution in [0.2, 0.25) is 5.02 Å². The van der Waals surface area contributed by atoms with Crippen LogP contribution < -0.4 is 9.47 Å². The van der Waals surface area contributed by atoms with Crippen LogP contribution >= 0.6 is 11.6 Å². The van der Waals surface area contributed by atoms with Gasteiger partial charge in [-0.05, 0) is 30.3 Å². The molecular formula is C16H14ClNO2. The van der Waals surface area contributed by atoms with Crippen LogP contribution in [0.4, 0.5) is 0 Å². The SMILES string of the molecule is N#Cc1ccc(OCCCOc2ccccc2)c(Cl)c1. The minimum atomic E-state index is 0.452. The van der Waals surface area contributed by atoms with E-state index in [4.69, 9.17) is 26.3 Å². The molecule has 0 bridgehead atoms. The molecule has 0 spiro atoms. The Kier molecular flexibility index (Phi) is 5.28. The molecule has 0 saturated heterocycles. The summed E-state index contributed by atoms with van der Waals surface area (Å²) in [7, 11) is 0. The number of rotatable bonds is 6. The Labute approximate surface area is 123 Å². The maximum Gasteiger partial charge on any atom is 0.137 e. The molecule has 102 valence electrons. The molecular weight excluding hydrogens is 274 g/mol. The third-order valence-electron chi connectivity index (χ3n) is 2.62. The molecule has 0 aromatic heterocycles. The van der Waals surface area contributed by atoms with E-state index < -0.39 is 0 Å². The second-order valence-corrected chi connectivity index (χ2v) is 4.53. The van der Waals surface area contributed by atoms with E-state index >= 15 is 0 Å². The molecule has 0 N–H and O–H groups in total. The van der Waals surface area contributed by atoms with Crippen LogP contribution in [-0.2, 0) is 0 Å². The zero-order chi connectivity index (χ0) is 14.2. The number of nitriles is 1. The first-order valence-electron chi connectivity index (χ1n) is 6.30. The van der Waals surface area contributed by atoms with Gasteiger partial charge in [0.25, 0.3) is 0 Å². The summed E-state index contributed by atoms with van der Waals surface area (Å²) in [4.78, 5) is 0. The number of benzene rings is 2. The third kappa shape index (κ3) is 4.18. The van der Waals surface area contributed by atoms with E-state index in [1.165, 1.54) is 0 Å². The van der Waals surface area contributed by atoms with Crippen molar-refractivity contribution in [2.45, 2.75) is 6.42 Å². The number of hydrogen-bond acceptors (Lipinski definition) is 3. The largest absolute Gasteiger partial charge is 0.493 e. The third-order valence-corrected chi connectivity index (χ3v) is 2.91. The molecule has 0 fully saturated rings. The maximum atomic E-state index is 8.74. The predicted molar refractivity (Wildman–Crippen MR) is 78.2 cm³/mol. The van der Waals surface area contributed by atoms with Gasteiger partial charge in [0, 0.05) is 6.42 Å². The Morgan fingerprint density at radius 3 is 2.45 bits per heavy atom. The van der Waals surface area contributed by atoms with Crippen LogP contribution in [0, 0.1) is 11.3 Å². The average molecular weight is 288 g/mol. The van der Waals surface area contributed by atoms with Gasteiger partial charge in [-0.2, -0.15) is 5.26 Å². The van der Waals surface area contributed by atoms with E-state index in [2.05, 4.69) is 0 Å². The van der Waals surface area contributed by atoms with Crippen LogP contribution in [0.3, 0.4) is 0 Å². The summed E-state index contributed by atoms with van der Waals surface area (Å²) in [5.41, 5.74) is 0.523. The summed E-state index contributed by atoms with van der Waals surface area (Å²) in [5, 5.41) is 9.19. The number of ether oxygens (including phenoxy) is 2. The molecule has 0 heterocycles. The van der Waals surface area contributed by atoms with E-state index in [0.717, 1.165) is 12.2 Å². The van der Waals surface area contributed by atoms with Gasteiger partial charge in [-0.25, -0.2) is 0 Å². The Hall–Kier alpha value is -2.18. The van der Waals surface area contributed by atoms with Crippen molar-refractivity contribution in [1.29, 1.82) is 5.26 Å². The summed E-state index contributed by atoms with van der Waals surface area (Å²) in [5.74, 6) is 1.44. The number of halogens is 1. The van der Waals surface area contributed by atoms with Gasteiger partial charge in [-0.15, -0.1) is 0 Å². The van der Waals surface area contributed by atoms with Crippen LogP contribution in [0.1, 0.15) is 12.0 Å². The second-order valence-electron chi connectivity index (χ2n) is 4.12. The summed E-state index contributed by atoms with van der Waals surface area (Å²) in [6, 6.07) is 16.7. The lowest BCUT2D eigenvalue weighted by Crippen LogP contribution is -2.05. The van der Waals surface area contributed by atoms with Crippen molar-refractivity contribution in [2.24, 2.45) is 0 Å². The summed E-state index contributed by atoms with van der Waals surface area (Å²) in [6.07, 6.45) is 0.755. The molecule has 0 aliphatic heterocycles. The van der Waals surface area contributed by atoms with Crippen molar-refractivity contribution in [1.82, 2.24) is 0 Å². The van der Waals surface area contributed by atoms with Crippen LogP contribution in [0.5, 0.6) is 11.5 Å². The van der Waals surface area contributed by atoms with Crippen molar-refractivity contribution < 1.29 is 9.47 Å². The molecule has 0 radical (unpaired) electrons. The van der Waals surface area contributed by atoms with Crippen molar-refractivity contribution >= 4 is 11.6 Å². The Morgan fingerprint density at radius 1 is 1.00 bits per heavy atom. The van der Waals surface area contributed by atoms with Crippen LogP contribution in [0.15, 0.2) is 48.5 Å². The van der Waals surface area contributed by atoms with Gasteiger partial charge in [0.05, 0.1) is 29.9 Å². The lowest BCUT2D eigenvalue weighted by atomic mass is 10.2. The lowest BCUT2D eigenvalue weighted by molar-refractivity contribution is 0.247. The zero-order valence-electron chi connectivity index (χ0n) is 10.9. The van der Waals surface area contributed by atoms with Crippen molar-refractivity contribution in [3.8, 4) is 17.6 Å². The van der Waals surface area contributed by atoms with Gasteiger partial charge >= 0.3 is 0 Å². The van der Waals surface area contributed by atoms with Gasteiger partial charge in [-0.3, -0.25) is 0 Å². The fourth-order valence-corrected chi connectivity index (χ4v) is 1.87. The molecule has 0 aliphatic carbocycles. The monoisotopic (exact) mass is 287 g/mol. The normalized spacial score (nSPS) is 9.80. The van der Waals surface area contributed by atoms with Crippen molar-refractivity contribution in [2.75, 3.05) is 13.2 Å². The summed E-state index contributed by atoms with van der Waals surface area (Å²) < 4.78 is 11.1. The van der Waals surface area contributed by atoms with Gasteiger partial charge in [0.2, 0.25) is 0 Å². The molecule has 4 heteroatoms. The highest BCUT2D eigenvalue weighted by Crippen LogP contribution is 2.25. The first-order valence-corrected chi connectivity index (χ1v) is 6.67. The quantitative estimate of drug-likeness (QED) is 0.753. The number of para-hydroxylation sites is 1. The second kappa shape index (κ2) is 7.42. The van der Waals surface area contributed by atoms with Gasteiger partial charge in [0.1, 0.15) is 11.5 Å². The number of hydrogen-bond donors (Lipinski definition) is 0. The Morgan fingerprint density at radius 2 is 1.75 bits per heavy atom. The highest BCUT2D eigenvalue weighted by molar-refractivity contribution is 6.32. The standard InChI is InChI=1S/C16H14ClNO2/c17-15-11-13(12-18)7-8-16(15)20-10-4-9-19-14-5-2-1-3-6-14/h1-3,5-8,11H,4,9-10H2. The lowest BCUT2D eigenvalue weighted by Gasteiger charge is -2.09. The highest BCUT2D eigenvalue weighted by Gasteiger charge is 2.02. The molecule has 0 aliphatic rings. The smallest absolute Gasteiger partial charge is 0.137 e. The van der Waals surface area contributed by atoms with E-state index in [9.17, 15) is 0 Å².